The minimum Gasteiger partial charge on any atom is -0.468 e. The van der Waals surface area contributed by atoms with Gasteiger partial charge in [0.15, 0.2) is 0 Å². The van der Waals surface area contributed by atoms with E-state index in [1.165, 1.54) is 25.7 Å². The predicted molar refractivity (Wildman–Crippen MR) is 74.2 cm³/mol. The average molecular weight is 250 g/mol. The molecule has 2 unspecified atom stereocenters. The van der Waals surface area contributed by atoms with Crippen LogP contribution in [0.1, 0.15) is 38.4 Å². The van der Waals surface area contributed by atoms with Gasteiger partial charge in [-0.1, -0.05) is 19.8 Å². The van der Waals surface area contributed by atoms with Gasteiger partial charge in [0, 0.05) is 6.54 Å². The maximum atomic E-state index is 6.07. The smallest absolute Gasteiger partial charge is 0.117 e. The van der Waals surface area contributed by atoms with Gasteiger partial charge in [-0.15, -0.1) is 0 Å². The zero-order valence-electron chi connectivity index (χ0n) is 11.7. The van der Waals surface area contributed by atoms with Gasteiger partial charge in [-0.3, -0.25) is 4.90 Å². The van der Waals surface area contributed by atoms with Crippen LogP contribution in [-0.2, 0) is 6.54 Å². The van der Waals surface area contributed by atoms with Crippen molar-refractivity contribution in [3.63, 3.8) is 0 Å². The molecule has 0 spiro atoms. The van der Waals surface area contributed by atoms with E-state index in [0.29, 0.717) is 5.41 Å². The first kappa shape index (κ1) is 13.6. The van der Waals surface area contributed by atoms with Crippen molar-refractivity contribution in [2.75, 3.05) is 20.1 Å². The summed E-state index contributed by atoms with van der Waals surface area (Å²) < 4.78 is 5.41. The maximum Gasteiger partial charge on any atom is 0.117 e. The Bertz CT molecular complexity index is 349. The number of rotatable bonds is 5. The highest BCUT2D eigenvalue weighted by atomic mass is 16.3. The molecule has 0 saturated heterocycles. The van der Waals surface area contributed by atoms with E-state index in [1.807, 2.05) is 12.1 Å². The Hall–Kier alpha value is -0.800. The second-order valence-corrected chi connectivity index (χ2v) is 6.16. The van der Waals surface area contributed by atoms with Crippen LogP contribution in [0.25, 0.3) is 0 Å². The Morgan fingerprint density at radius 3 is 3.00 bits per heavy atom. The average Bonchev–Trinajstić information content (AvgIpc) is 2.81. The second-order valence-electron chi connectivity index (χ2n) is 6.16. The minimum atomic E-state index is 0.318. The molecular formula is C15H26N2O. The Labute approximate surface area is 110 Å². The summed E-state index contributed by atoms with van der Waals surface area (Å²) in [6, 6.07) is 3.99. The number of hydrogen-bond donors (Lipinski definition) is 1. The molecule has 1 aliphatic carbocycles. The SMILES string of the molecule is CC1CCCC(CN)(CN(C)Cc2ccco2)C1. The van der Waals surface area contributed by atoms with Gasteiger partial charge < -0.3 is 10.2 Å². The van der Waals surface area contributed by atoms with Gasteiger partial charge in [-0.05, 0) is 49.9 Å². The molecular weight excluding hydrogens is 224 g/mol. The fraction of sp³-hybridized carbons (Fsp3) is 0.733. The highest BCUT2D eigenvalue weighted by Gasteiger charge is 2.34. The zero-order valence-corrected chi connectivity index (χ0v) is 11.7. The lowest BCUT2D eigenvalue weighted by molar-refractivity contribution is 0.0949. The van der Waals surface area contributed by atoms with Crippen LogP contribution in [0.3, 0.4) is 0 Å². The molecule has 0 radical (unpaired) electrons. The lowest BCUT2D eigenvalue weighted by atomic mass is 9.70. The van der Waals surface area contributed by atoms with Crippen LogP contribution in [0.15, 0.2) is 22.8 Å². The van der Waals surface area contributed by atoms with Crippen LogP contribution in [-0.4, -0.2) is 25.0 Å². The van der Waals surface area contributed by atoms with Gasteiger partial charge in [0.2, 0.25) is 0 Å². The summed E-state index contributed by atoms with van der Waals surface area (Å²) in [6.45, 7) is 5.12. The van der Waals surface area contributed by atoms with Crippen molar-refractivity contribution < 1.29 is 4.42 Å². The summed E-state index contributed by atoms with van der Waals surface area (Å²) in [5.74, 6) is 1.85. The third-order valence-corrected chi connectivity index (χ3v) is 4.23. The lowest BCUT2D eigenvalue weighted by Gasteiger charge is -2.41. The van der Waals surface area contributed by atoms with E-state index in [1.54, 1.807) is 6.26 Å². The highest BCUT2D eigenvalue weighted by molar-refractivity contribution is 4.98. The molecule has 3 nitrogen and oxygen atoms in total. The second kappa shape index (κ2) is 5.89. The van der Waals surface area contributed by atoms with Gasteiger partial charge in [0.1, 0.15) is 5.76 Å². The number of nitrogens with two attached hydrogens (primary N) is 1. The van der Waals surface area contributed by atoms with Crippen molar-refractivity contribution in [3.8, 4) is 0 Å². The standard InChI is InChI=1S/C15H26N2O/c1-13-5-3-7-15(9-13,11-16)12-17(2)10-14-6-4-8-18-14/h4,6,8,13H,3,5,7,9-12,16H2,1-2H3. The van der Waals surface area contributed by atoms with E-state index >= 15 is 0 Å². The molecule has 1 heterocycles. The largest absolute Gasteiger partial charge is 0.468 e. The van der Waals surface area contributed by atoms with Gasteiger partial charge in [0.05, 0.1) is 12.8 Å². The highest BCUT2D eigenvalue weighted by Crippen LogP contribution is 2.39. The molecule has 2 N–H and O–H groups in total. The van der Waals surface area contributed by atoms with Crippen molar-refractivity contribution in [1.82, 2.24) is 4.90 Å². The van der Waals surface area contributed by atoms with Crippen molar-refractivity contribution in [2.24, 2.45) is 17.1 Å². The van der Waals surface area contributed by atoms with Crippen LogP contribution >= 0.6 is 0 Å². The Kier molecular flexibility index (Phi) is 4.46. The van der Waals surface area contributed by atoms with Crippen molar-refractivity contribution in [3.05, 3.63) is 24.2 Å². The molecule has 0 aromatic carbocycles. The summed E-state index contributed by atoms with van der Waals surface area (Å²) in [5.41, 5.74) is 6.39. The first-order valence-corrected chi connectivity index (χ1v) is 7.04. The van der Waals surface area contributed by atoms with E-state index in [0.717, 1.165) is 31.3 Å². The quantitative estimate of drug-likeness (QED) is 0.873. The molecule has 1 fully saturated rings. The number of furan rings is 1. The van der Waals surface area contributed by atoms with Gasteiger partial charge in [-0.25, -0.2) is 0 Å². The van der Waals surface area contributed by atoms with Crippen LogP contribution in [0.5, 0.6) is 0 Å². The van der Waals surface area contributed by atoms with E-state index < -0.39 is 0 Å². The summed E-state index contributed by atoms with van der Waals surface area (Å²) in [5, 5.41) is 0. The van der Waals surface area contributed by atoms with Crippen molar-refractivity contribution in [1.29, 1.82) is 0 Å². The van der Waals surface area contributed by atoms with E-state index in [4.69, 9.17) is 10.2 Å². The molecule has 1 aliphatic rings. The van der Waals surface area contributed by atoms with Crippen LogP contribution in [0, 0.1) is 11.3 Å². The molecule has 18 heavy (non-hydrogen) atoms. The Morgan fingerprint density at radius 2 is 2.39 bits per heavy atom. The topological polar surface area (TPSA) is 42.4 Å². The summed E-state index contributed by atoms with van der Waals surface area (Å²) >= 11 is 0. The molecule has 102 valence electrons. The molecule has 0 aliphatic heterocycles. The third kappa shape index (κ3) is 3.36. The van der Waals surface area contributed by atoms with Crippen LogP contribution < -0.4 is 5.73 Å². The molecule has 0 bridgehead atoms. The summed E-state index contributed by atoms with van der Waals surface area (Å²) in [4.78, 5) is 2.35. The monoisotopic (exact) mass is 250 g/mol. The van der Waals surface area contributed by atoms with Crippen LogP contribution in [0.4, 0.5) is 0 Å². The van der Waals surface area contributed by atoms with Gasteiger partial charge >= 0.3 is 0 Å². The first-order valence-electron chi connectivity index (χ1n) is 7.04. The van der Waals surface area contributed by atoms with E-state index in [-0.39, 0.29) is 0 Å². The molecule has 2 rings (SSSR count). The fourth-order valence-corrected chi connectivity index (χ4v) is 3.46. The molecule has 0 amide bonds. The predicted octanol–water partition coefficient (Wildman–Crippen LogP) is 2.87. The first-order chi connectivity index (χ1) is 8.63. The van der Waals surface area contributed by atoms with Crippen molar-refractivity contribution in [2.45, 2.75) is 39.2 Å². The molecule has 3 heteroatoms. The Morgan fingerprint density at radius 1 is 1.56 bits per heavy atom. The van der Waals surface area contributed by atoms with Crippen LogP contribution in [0.2, 0.25) is 0 Å². The molecule has 1 aromatic heterocycles. The van der Waals surface area contributed by atoms with Crippen molar-refractivity contribution >= 4 is 0 Å². The zero-order chi connectivity index (χ0) is 13.0. The lowest BCUT2D eigenvalue weighted by Crippen LogP contribution is -2.44. The maximum absolute atomic E-state index is 6.07. The summed E-state index contributed by atoms with van der Waals surface area (Å²) in [6.07, 6.45) is 6.98. The number of nitrogens with zero attached hydrogens (tertiary/aromatic N) is 1. The van der Waals surface area contributed by atoms with E-state index in [2.05, 4.69) is 18.9 Å². The normalized spacial score (nSPS) is 28.8. The minimum absolute atomic E-state index is 0.318. The van der Waals surface area contributed by atoms with Gasteiger partial charge in [-0.2, -0.15) is 0 Å². The molecule has 2 atom stereocenters. The van der Waals surface area contributed by atoms with Gasteiger partial charge in [0.25, 0.3) is 0 Å². The molecule has 1 saturated carbocycles. The van der Waals surface area contributed by atoms with E-state index in [9.17, 15) is 0 Å². The third-order valence-electron chi connectivity index (χ3n) is 4.23. The fourth-order valence-electron chi connectivity index (χ4n) is 3.46. The Balaban J connectivity index is 1.92. The number of hydrogen-bond acceptors (Lipinski definition) is 3. The molecule has 1 aromatic rings. The summed E-state index contributed by atoms with van der Waals surface area (Å²) in [7, 11) is 2.17.